The fraction of sp³-hybridized carbons (Fsp3) is 0.0714. The smallest absolute Gasteiger partial charge is 0.296 e. The first-order valence-corrected chi connectivity index (χ1v) is 6.66. The van der Waals surface area contributed by atoms with Crippen molar-refractivity contribution in [3.8, 4) is 0 Å². The molecule has 0 atom stereocenters. The molecule has 1 aromatic carbocycles. The van der Waals surface area contributed by atoms with Crippen molar-refractivity contribution in [2.75, 3.05) is 0 Å². The zero-order valence-corrected chi connectivity index (χ0v) is 11.9. The van der Waals surface area contributed by atoms with Crippen LogP contribution in [0.5, 0.6) is 0 Å². The summed E-state index contributed by atoms with van der Waals surface area (Å²) in [7, 11) is 0. The molecule has 0 saturated heterocycles. The van der Waals surface area contributed by atoms with Crippen molar-refractivity contribution in [1.82, 2.24) is 14.8 Å². The Labute approximate surface area is 129 Å². The molecule has 0 amide bonds. The highest BCUT2D eigenvalue weighted by atomic mass is 35.5. The van der Waals surface area contributed by atoms with Gasteiger partial charge in [0.05, 0.1) is 22.0 Å². The first kappa shape index (κ1) is 14.2. The first-order chi connectivity index (χ1) is 10.6. The van der Waals surface area contributed by atoms with Gasteiger partial charge in [-0.2, -0.15) is 5.10 Å². The Morgan fingerprint density at radius 1 is 1.36 bits per heavy atom. The summed E-state index contributed by atoms with van der Waals surface area (Å²) in [5.74, 6) is 0. The standard InChI is InChI=1S/C14H9ClN4O3/c15-11-4-10-3-9(1-2-12(10)16-5-11)6-18-7-14(19(21)22)13(8-20)17-18/h1-5,7-8H,6H2. The number of hydrogen-bond acceptors (Lipinski definition) is 5. The molecule has 7 nitrogen and oxygen atoms in total. The zero-order valence-electron chi connectivity index (χ0n) is 11.1. The lowest BCUT2D eigenvalue weighted by molar-refractivity contribution is -0.385. The molecule has 0 aliphatic rings. The largest absolute Gasteiger partial charge is 0.317 e. The molecule has 8 heteroatoms. The molecule has 0 N–H and O–H groups in total. The van der Waals surface area contributed by atoms with Crippen LogP contribution in [0.25, 0.3) is 10.9 Å². The number of aldehydes is 1. The molecule has 0 aliphatic carbocycles. The number of pyridine rings is 1. The molecule has 3 aromatic rings. The van der Waals surface area contributed by atoms with Crippen LogP contribution in [-0.4, -0.2) is 26.0 Å². The highest BCUT2D eigenvalue weighted by Gasteiger charge is 2.18. The Morgan fingerprint density at radius 3 is 2.86 bits per heavy atom. The fourth-order valence-corrected chi connectivity index (χ4v) is 2.34. The quantitative estimate of drug-likeness (QED) is 0.419. The average Bonchev–Trinajstić information content (AvgIpc) is 2.90. The van der Waals surface area contributed by atoms with Gasteiger partial charge in [0.1, 0.15) is 6.20 Å². The molecule has 0 radical (unpaired) electrons. The molecule has 0 aliphatic heterocycles. The van der Waals surface area contributed by atoms with E-state index in [-0.39, 0.29) is 11.4 Å². The summed E-state index contributed by atoms with van der Waals surface area (Å²) in [6, 6.07) is 7.34. The van der Waals surface area contributed by atoms with E-state index in [2.05, 4.69) is 10.1 Å². The van der Waals surface area contributed by atoms with Crippen molar-refractivity contribution in [2.24, 2.45) is 0 Å². The number of rotatable bonds is 4. The molecular formula is C14H9ClN4O3. The van der Waals surface area contributed by atoms with E-state index in [1.54, 1.807) is 12.3 Å². The second kappa shape index (κ2) is 5.53. The average molecular weight is 317 g/mol. The van der Waals surface area contributed by atoms with E-state index in [4.69, 9.17) is 11.6 Å². The molecule has 22 heavy (non-hydrogen) atoms. The number of carbonyl (C=O) groups is 1. The van der Waals surface area contributed by atoms with Gasteiger partial charge in [-0.15, -0.1) is 0 Å². The number of halogens is 1. The van der Waals surface area contributed by atoms with Crippen LogP contribution in [0.3, 0.4) is 0 Å². The van der Waals surface area contributed by atoms with E-state index >= 15 is 0 Å². The van der Waals surface area contributed by atoms with Crippen LogP contribution in [-0.2, 0) is 6.54 Å². The van der Waals surface area contributed by atoms with Crippen molar-refractivity contribution >= 4 is 34.5 Å². The molecule has 2 aromatic heterocycles. The molecule has 3 rings (SSSR count). The number of carbonyl (C=O) groups excluding carboxylic acids is 1. The Kier molecular flexibility index (Phi) is 3.56. The van der Waals surface area contributed by atoms with E-state index in [1.807, 2.05) is 18.2 Å². The van der Waals surface area contributed by atoms with Gasteiger partial charge >= 0.3 is 5.69 Å². The SMILES string of the molecule is O=Cc1nn(Cc2ccc3ncc(Cl)cc3c2)cc1[N+](=O)[O-]. The van der Waals surface area contributed by atoms with Crippen LogP contribution in [0.4, 0.5) is 5.69 Å². The summed E-state index contributed by atoms with van der Waals surface area (Å²) in [4.78, 5) is 25.2. The maximum absolute atomic E-state index is 10.8. The Hall–Kier alpha value is -2.80. The fourth-order valence-electron chi connectivity index (χ4n) is 2.17. The van der Waals surface area contributed by atoms with Gasteiger partial charge in [-0.25, -0.2) is 0 Å². The first-order valence-electron chi connectivity index (χ1n) is 6.28. The Morgan fingerprint density at radius 2 is 2.18 bits per heavy atom. The van der Waals surface area contributed by atoms with Gasteiger partial charge in [0, 0.05) is 11.6 Å². The third kappa shape index (κ3) is 2.66. The van der Waals surface area contributed by atoms with Crippen molar-refractivity contribution in [3.05, 3.63) is 63.1 Å². The van der Waals surface area contributed by atoms with Crippen LogP contribution in [0.2, 0.25) is 5.02 Å². The van der Waals surface area contributed by atoms with Crippen LogP contribution in [0, 0.1) is 10.1 Å². The van der Waals surface area contributed by atoms with E-state index in [9.17, 15) is 14.9 Å². The van der Waals surface area contributed by atoms with Gasteiger partial charge in [0.2, 0.25) is 5.69 Å². The zero-order chi connectivity index (χ0) is 15.7. The minimum Gasteiger partial charge on any atom is -0.296 e. The predicted octanol–water partition coefficient (Wildman–Crippen LogP) is 2.85. The maximum atomic E-state index is 10.8. The molecule has 110 valence electrons. The third-order valence-corrected chi connectivity index (χ3v) is 3.34. The van der Waals surface area contributed by atoms with Crippen molar-refractivity contribution in [2.45, 2.75) is 6.54 Å². The van der Waals surface area contributed by atoms with Crippen LogP contribution in [0.1, 0.15) is 16.1 Å². The second-order valence-electron chi connectivity index (χ2n) is 4.65. The van der Waals surface area contributed by atoms with E-state index < -0.39 is 4.92 Å². The molecule has 0 spiro atoms. The van der Waals surface area contributed by atoms with E-state index in [0.717, 1.165) is 16.5 Å². The molecule has 0 fully saturated rings. The predicted molar refractivity (Wildman–Crippen MR) is 80.1 cm³/mol. The van der Waals surface area contributed by atoms with Crippen molar-refractivity contribution < 1.29 is 9.72 Å². The van der Waals surface area contributed by atoms with Crippen molar-refractivity contribution in [3.63, 3.8) is 0 Å². The topological polar surface area (TPSA) is 90.9 Å². The van der Waals surface area contributed by atoms with E-state index in [1.165, 1.54) is 10.9 Å². The third-order valence-electron chi connectivity index (χ3n) is 3.14. The van der Waals surface area contributed by atoms with Gasteiger partial charge in [0.15, 0.2) is 6.29 Å². The number of fused-ring (bicyclic) bond motifs is 1. The number of hydrogen-bond donors (Lipinski definition) is 0. The number of nitro groups is 1. The van der Waals surface area contributed by atoms with Crippen LogP contribution in [0.15, 0.2) is 36.7 Å². The van der Waals surface area contributed by atoms with Crippen LogP contribution < -0.4 is 0 Å². The summed E-state index contributed by atoms with van der Waals surface area (Å²) in [6.07, 6.45) is 3.18. The molecule has 0 bridgehead atoms. The van der Waals surface area contributed by atoms with Crippen molar-refractivity contribution in [1.29, 1.82) is 0 Å². The normalized spacial score (nSPS) is 10.8. The summed E-state index contributed by atoms with van der Waals surface area (Å²) in [6.45, 7) is 0.303. The molecule has 2 heterocycles. The minimum absolute atomic E-state index is 0.185. The lowest BCUT2D eigenvalue weighted by Gasteiger charge is -2.04. The minimum atomic E-state index is -0.628. The van der Waals surface area contributed by atoms with Crippen LogP contribution >= 0.6 is 11.6 Å². The highest BCUT2D eigenvalue weighted by Crippen LogP contribution is 2.20. The lowest BCUT2D eigenvalue weighted by atomic mass is 10.1. The molecular weight excluding hydrogens is 308 g/mol. The molecule has 0 saturated carbocycles. The second-order valence-corrected chi connectivity index (χ2v) is 5.09. The van der Waals surface area contributed by atoms with E-state index in [0.29, 0.717) is 17.9 Å². The van der Waals surface area contributed by atoms with Gasteiger partial charge in [0.25, 0.3) is 0 Å². The Bertz CT molecular complexity index is 891. The summed E-state index contributed by atoms with van der Waals surface area (Å²) in [5, 5.41) is 16.1. The van der Waals surface area contributed by atoms with Gasteiger partial charge in [-0.1, -0.05) is 17.7 Å². The Balaban J connectivity index is 1.96. The maximum Gasteiger partial charge on any atom is 0.317 e. The lowest BCUT2D eigenvalue weighted by Crippen LogP contribution is -2.01. The van der Waals surface area contributed by atoms with Gasteiger partial charge in [-0.05, 0) is 23.8 Å². The number of aromatic nitrogens is 3. The summed E-state index contributed by atoms with van der Waals surface area (Å²) >= 11 is 5.92. The van der Waals surface area contributed by atoms with Gasteiger partial charge < -0.3 is 0 Å². The summed E-state index contributed by atoms with van der Waals surface area (Å²) in [5.41, 5.74) is 1.18. The van der Waals surface area contributed by atoms with Gasteiger partial charge in [-0.3, -0.25) is 24.6 Å². The monoisotopic (exact) mass is 316 g/mol. The number of benzene rings is 1. The highest BCUT2D eigenvalue weighted by molar-refractivity contribution is 6.31. The summed E-state index contributed by atoms with van der Waals surface area (Å²) < 4.78 is 1.36. The number of nitrogens with zero attached hydrogens (tertiary/aromatic N) is 4. The molecule has 0 unspecified atom stereocenters.